The van der Waals surface area contributed by atoms with Crippen molar-refractivity contribution in [3.8, 4) is 0 Å². The zero-order chi connectivity index (χ0) is 15.1. The Labute approximate surface area is 135 Å². The molecule has 3 nitrogen and oxygen atoms in total. The number of thioether (sulfide) groups is 1. The minimum absolute atomic E-state index is 0.324. The van der Waals surface area contributed by atoms with Crippen molar-refractivity contribution < 1.29 is 4.39 Å². The Morgan fingerprint density at radius 3 is 2.76 bits per heavy atom. The molecule has 0 aliphatic rings. The van der Waals surface area contributed by atoms with Crippen molar-refractivity contribution in [2.45, 2.75) is 5.75 Å². The third kappa shape index (κ3) is 5.32. The second-order valence-electron chi connectivity index (χ2n) is 4.12. The first-order chi connectivity index (χ1) is 10.1. The van der Waals surface area contributed by atoms with Crippen LogP contribution in [0.25, 0.3) is 0 Å². The smallest absolute Gasteiger partial charge is 0.180 e. The van der Waals surface area contributed by atoms with E-state index in [9.17, 15) is 4.39 Å². The molecule has 0 bridgehead atoms. The van der Waals surface area contributed by atoms with Gasteiger partial charge in [0.1, 0.15) is 5.82 Å². The first-order valence-electron chi connectivity index (χ1n) is 6.13. The SMILES string of the molecule is NC(=NN=Cc1cc(F)ccc1Br)SCc1ccccc1. The maximum atomic E-state index is 13.1. The summed E-state index contributed by atoms with van der Waals surface area (Å²) < 4.78 is 13.8. The monoisotopic (exact) mass is 365 g/mol. The normalized spacial score (nSPS) is 12.0. The first kappa shape index (κ1) is 15.7. The molecular formula is C15H13BrFN3S. The number of amidine groups is 1. The molecule has 0 unspecified atom stereocenters. The van der Waals surface area contributed by atoms with Gasteiger partial charge >= 0.3 is 0 Å². The Hall–Kier alpha value is -1.66. The summed E-state index contributed by atoms with van der Waals surface area (Å²) in [4.78, 5) is 0. The van der Waals surface area contributed by atoms with Crippen LogP contribution in [0.2, 0.25) is 0 Å². The Morgan fingerprint density at radius 1 is 1.24 bits per heavy atom. The standard InChI is InChI=1S/C15H13BrFN3S/c16-14-7-6-13(17)8-12(14)9-19-20-15(18)21-10-11-4-2-1-3-5-11/h1-9H,10H2,(H2,18,20). The first-order valence-corrected chi connectivity index (χ1v) is 7.91. The lowest BCUT2D eigenvalue weighted by atomic mass is 10.2. The maximum Gasteiger partial charge on any atom is 0.180 e. The van der Waals surface area contributed by atoms with Crippen molar-refractivity contribution in [1.82, 2.24) is 0 Å². The number of benzene rings is 2. The van der Waals surface area contributed by atoms with Gasteiger partial charge in [0.25, 0.3) is 0 Å². The molecule has 6 heteroatoms. The van der Waals surface area contributed by atoms with E-state index < -0.39 is 0 Å². The van der Waals surface area contributed by atoms with Gasteiger partial charge in [-0.3, -0.25) is 0 Å². The number of rotatable bonds is 4. The van der Waals surface area contributed by atoms with Crippen molar-refractivity contribution in [1.29, 1.82) is 0 Å². The van der Waals surface area contributed by atoms with E-state index in [0.717, 1.165) is 15.8 Å². The highest BCUT2D eigenvalue weighted by Gasteiger charge is 1.99. The molecular weight excluding hydrogens is 353 g/mol. The fraction of sp³-hybridized carbons (Fsp3) is 0.0667. The summed E-state index contributed by atoms with van der Waals surface area (Å²) in [7, 11) is 0. The third-order valence-electron chi connectivity index (χ3n) is 2.54. The molecule has 2 aromatic carbocycles. The topological polar surface area (TPSA) is 50.7 Å². The average molecular weight is 366 g/mol. The number of nitrogens with zero attached hydrogens (tertiary/aromatic N) is 2. The molecule has 0 amide bonds. The lowest BCUT2D eigenvalue weighted by Crippen LogP contribution is -2.06. The minimum atomic E-state index is -0.324. The highest BCUT2D eigenvalue weighted by Crippen LogP contribution is 2.16. The molecule has 0 saturated heterocycles. The lowest BCUT2D eigenvalue weighted by Gasteiger charge is -1.99. The number of hydrogen-bond acceptors (Lipinski definition) is 3. The van der Waals surface area contributed by atoms with Gasteiger partial charge < -0.3 is 5.73 Å². The molecule has 0 atom stereocenters. The van der Waals surface area contributed by atoms with Gasteiger partial charge in [0.15, 0.2) is 5.17 Å². The van der Waals surface area contributed by atoms with Gasteiger partial charge in [0, 0.05) is 15.8 Å². The predicted molar refractivity (Wildman–Crippen MR) is 91.1 cm³/mol. The summed E-state index contributed by atoms with van der Waals surface area (Å²) in [6.07, 6.45) is 1.46. The van der Waals surface area contributed by atoms with Crippen molar-refractivity contribution in [3.05, 3.63) is 69.9 Å². The van der Waals surface area contributed by atoms with Crippen molar-refractivity contribution >= 4 is 39.1 Å². The maximum absolute atomic E-state index is 13.1. The van der Waals surface area contributed by atoms with E-state index in [2.05, 4.69) is 26.1 Å². The summed E-state index contributed by atoms with van der Waals surface area (Å²) in [6, 6.07) is 14.3. The number of halogens is 2. The quantitative estimate of drug-likeness (QED) is 0.502. The van der Waals surface area contributed by atoms with Crippen LogP contribution < -0.4 is 5.73 Å². The van der Waals surface area contributed by atoms with E-state index in [1.54, 1.807) is 6.07 Å². The highest BCUT2D eigenvalue weighted by atomic mass is 79.9. The molecule has 2 aromatic rings. The molecule has 2 N–H and O–H groups in total. The van der Waals surface area contributed by atoms with E-state index >= 15 is 0 Å². The molecule has 0 saturated carbocycles. The van der Waals surface area contributed by atoms with Crippen LogP contribution in [0, 0.1) is 5.82 Å². The molecule has 21 heavy (non-hydrogen) atoms. The Balaban J connectivity index is 1.93. The van der Waals surface area contributed by atoms with Gasteiger partial charge in [-0.2, -0.15) is 5.10 Å². The Bertz CT molecular complexity index is 659. The number of hydrogen-bond donors (Lipinski definition) is 1. The van der Waals surface area contributed by atoms with Crippen LogP contribution in [0.4, 0.5) is 4.39 Å². The van der Waals surface area contributed by atoms with Crippen LogP contribution in [0.3, 0.4) is 0 Å². The van der Waals surface area contributed by atoms with Gasteiger partial charge in [0.05, 0.1) is 6.21 Å². The van der Waals surface area contributed by atoms with Gasteiger partial charge in [0.2, 0.25) is 0 Å². The Morgan fingerprint density at radius 2 is 2.00 bits per heavy atom. The van der Waals surface area contributed by atoms with Gasteiger partial charge in [-0.15, -0.1) is 5.10 Å². The zero-order valence-electron chi connectivity index (χ0n) is 11.0. The second-order valence-corrected chi connectivity index (χ2v) is 5.97. The average Bonchev–Trinajstić information content (AvgIpc) is 2.50. The van der Waals surface area contributed by atoms with Crippen LogP contribution in [0.1, 0.15) is 11.1 Å². The van der Waals surface area contributed by atoms with Gasteiger partial charge in [-0.25, -0.2) is 4.39 Å². The fourth-order valence-electron chi connectivity index (χ4n) is 1.52. The van der Waals surface area contributed by atoms with E-state index in [4.69, 9.17) is 5.73 Å². The molecule has 0 aliphatic heterocycles. The molecule has 0 heterocycles. The van der Waals surface area contributed by atoms with Crippen molar-refractivity contribution in [2.24, 2.45) is 15.9 Å². The van der Waals surface area contributed by atoms with Crippen LogP contribution in [0.15, 0.2) is 63.2 Å². The van der Waals surface area contributed by atoms with E-state index in [1.165, 1.54) is 30.1 Å². The van der Waals surface area contributed by atoms with Crippen LogP contribution in [-0.2, 0) is 5.75 Å². The second kappa shape index (κ2) is 7.95. The summed E-state index contributed by atoms with van der Waals surface area (Å²) in [5, 5.41) is 8.13. The lowest BCUT2D eigenvalue weighted by molar-refractivity contribution is 0.627. The summed E-state index contributed by atoms with van der Waals surface area (Å²) in [5.74, 6) is 0.407. The molecule has 0 spiro atoms. The van der Waals surface area contributed by atoms with Crippen LogP contribution >= 0.6 is 27.7 Å². The third-order valence-corrected chi connectivity index (χ3v) is 4.12. The van der Waals surface area contributed by atoms with Crippen LogP contribution in [-0.4, -0.2) is 11.4 Å². The molecule has 0 radical (unpaired) electrons. The zero-order valence-corrected chi connectivity index (χ0v) is 13.4. The summed E-state index contributed by atoms with van der Waals surface area (Å²) in [5.41, 5.74) is 7.54. The van der Waals surface area contributed by atoms with E-state index in [0.29, 0.717) is 10.7 Å². The van der Waals surface area contributed by atoms with Crippen molar-refractivity contribution in [2.75, 3.05) is 0 Å². The van der Waals surface area contributed by atoms with Crippen LogP contribution in [0.5, 0.6) is 0 Å². The van der Waals surface area contributed by atoms with E-state index in [-0.39, 0.29) is 5.82 Å². The molecule has 108 valence electrons. The fourth-order valence-corrected chi connectivity index (χ4v) is 2.48. The van der Waals surface area contributed by atoms with Gasteiger partial charge in [-0.1, -0.05) is 58.0 Å². The molecule has 0 aliphatic carbocycles. The molecule has 0 fully saturated rings. The Kier molecular flexibility index (Phi) is 5.95. The minimum Gasteiger partial charge on any atom is -0.377 e. The summed E-state index contributed by atoms with van der Waals surface area (Å²) in [6.45, 7) is 0. The summed E-state index contributed by atoms with van der Waals surface area (Å²) >= 11 is 4.72. The largest absolute Gasteiger partial charge is 0.377 e. The highest BCUT2D eigenvalue weighted by molar-refractivity contribution is 9.10. The van der Waals surface area contributed by atoms with Crippen molar-refractivity contribution in [3.63, 3.8) is 0 Å². The van der Waals surface area contributed by atoms with Gasteiger partial charge in [-0.05, 0) is 23.8 Å². The molecule has 2 rings (SSSR count). The van der Waals surface area contributed by atoms with E-state index in [1.807, 2.05) is 30.3 Å². The predicted octanol–water partition coefficient (Wildman–Crippen LogP) is 4.17. The number of nitrogens with two attached hydrogens (primary N) is 1. The molecule has 0 aromatic heterocycles.